The van der Waals surface area contributed by atoms with E-state index in [2.05, 4.69) is 5.32 Å². The molecule has 0 unspecified atom stereocenters. The summed E-state index contributed by atoms with van der Waals surface area (Å²) in [6.45, 7) is 0.390. The van der Waals surface area contributed by atoms with Crippen LogP contribution in [0.1, 0.15) is 11.1 Å². The van der Waals surface area contributed by atoms with Gasteiger partial charge in [-0.2, -0.15) is 0 Å². The van der Waals surface area contributed by atoms with Crippen LogP contribution in [-0.2, 0) is 12.8 Å². The van der Waals surface area contributed by atoms with Crippen molar-refractivity contribution >= 4 is 0 Å². The summed E-state index contributed by atoms with van der Waals surface area (Å²) in [5.41, 5.74) is 8.34. The van der Waals surface area contributed by atoms with Crippen LogP contribution in [0.4, 0.5) is 0 Å². The summed E-state index contributed by atoms with van der Waals surface area (Å²) in [5, 5.41) is 22.9. The Hall–Kier alpha value is -1.72. The second-order valence-corrected chi connectivity index (χ2v) is 5.90. The van der Waals surface area contributed by atoms with E-state index in [1.165, 1.54) is 0 Å². The number of hydrogen-bond donors (Lipinski definition) is 4. The molecular formula is C19H26N2O2. The fourth-order valence-corrected chi connectivity index (χ4v) is 2.56. The fourth-order valence-electron chi connectivity index (χ4n) is 2.56. The number of aliphatic hydroxyl groups excluding tert-OH is 2. The minimum Gasteiger partial charge on any atom is -0.395 e. The Labute approximate surface area is 138 Å². The van der Waals surface area contributed by atoms with E-state index in [1.54, 1.807) is 0 Å². The van der Waals surface area contributed by atoms with Crippen molar-refractivity contribution < 1.29 is 10.2 Å². The zero-order valence-corrected chi connectivity index (χ0v) is 13.3. The van der Waals surface area contributed by atoms with Crippen LogP contribution >= 0.6 is 0 Å². The largest absolute Gasteiger partial charge is 0.395 e. The Morgan fingerprint density at radius 2 is 1.39 bits per heavy atom. The van der Waals surface area contributed by atoms with Gasteiger partial charge in [-0.05, 0) is 24.0 Å². The third-order valence-electron chi connectivity index (χ3n) is 3.97. The molecule has 5 N–H and O–H groups in total. The molecular weight excluding hydrogens is 288 g/mol. The van der Waals surface area contributed by atoms with Gasteiger partial charge in [0.25, 0.3) is 0 Å². The van der Waals surface area contributed by atoms with E-state index in [1.807, 2.05) is 60.7 Å². The lowest BCUT2D eigenvalue weighted by Gasteiger charge is -2.23. The Bertz CT molecular complexity index is 548. The number of hydrogen-bond acceptors (Lipinski definition) is 4. The number of aliphatic hydroxyl groups is 2. The molecule has 2 rings (SSSR count). The van der Waals surface area contributed by atoms with Crippen LogP contribution in [0.5, 0.6) is 0 Å². The fraction of sp³-hybridized carbons (Fsp3) is 0.368. The quantitative estimate of drug-likeness (QED) is 0.559. The minimum absolute atomic E-state index is 0.0234. The van der Waals surface area contributed by atoms with Crippen LogP contribution in [0.15, 0.2) is 60.7 Å². The van der Waals surface area contributed by atoms with Gasteiger partial charge in [0, 0.05) is 18.6 Å². The molecule has 0 bridgehead atoms. The smallest absolute Gasteiger partial charge is 0.0818 e. The van der Waals surface area contributed by atoms with Gasteiger partial charge >= 0.3 is 0 Å². The van der Waals surface area contributed by atoms with Gasteiger partial charge in [-0.15, -0.1) is 0 Å². The van der Waals surface area contributed by atoms with Gasteiger partial charge in [-0.25, -0.2) is 0 Å². The first-order valence-electron chi connectivity index (χ1n) is 8.04. The molecule has 2 aromatic rings. The van der Waals surface area contributed by atoms with E-state index in [0.29, 0.717) is 13.0 Å². The van der Waals surface area contributed by atoms with Crippen LogP contribution in [-0.4, -0.2) is 41.6 Å². The normalized spacial score (nSPS) is 15.1. The zero-order chi connectivity index (χ0) is 16.5. The maximum atomic E-state index is 10.2. The molecule has 0 saturated carbocycles. The predicted molar refractivity (Wildman–Crippen MR) is 93.2 cm³/mol. The summed E-state index contributed by atoms with van der Waals surface area (Å²) in [4.78, 5) is 0. The van der Waals surface area contributed by atoms with Crippen molar-refractivity contribution in [2.75, 3.05) is 13.2 Å². The molecule has 0 heterocycles. The van der Waals surface area contributed by atoms with Crippen molar-refractivity contribution in [2.45, 2.75) is 31.0 Å². The predicted octanol–water partition coefficient (Wildman–Crippen LogP) is 1.11. The van der Waals surface area contributed by atoms with Gasteiger partial charge in [0.15, 0.2) is 0 Å². The van der Waals surface area contributed by atoms with Crippen LogP contribution in [0, 0.1) is 0 Å². The van der Waals surface area contributed by atoms with Gasteiger partial charge in [0.2, 0.25) is 0 Å². The van der Waals surface area contributed by atoms with Crippen molar-refractivity contribution in [1.29, 1.82) is 0 Å². The number of nitrogens with two attached hydrogens (primary N) is 1. The van der Waals surface area contributed by atoms with E-state index in [-0.39, 0.29) is 18.7 Å². The van der Waals surface area contributed by atoms with Gasteiger partial charge in [-0.1, -0.05) is 60.7 Å². The summed E-state index contributed by atoms with van der Waals surface area (Å²) >= 11 is 0. The molecule has 0 radical (unpaired) electrons. The van der Waals surface area contributed by atoms with E-state index in [4.69, 9.17) is 5.73 Å². The molecule has 0 aliphatic rings. The molecule has 0 aromatic heterocycles. The Morgan fingerprint density at radius 3 is 1.91 bits per heavy atom. The molecule has 0 amide bonds. The van der Waals surface area contributed by atoms with Crippen molar-refractivity contribution in [3.63, 3.8) is 0 Å². The van der Waals surface area contributed by atoms with Gasteiger partial charge < -0.3 is 21.3 Å². The van der Waals surface area contributed by atoms with Crippen LogP contribution in [0.3, 0.4) is 0 Å². The highest BCUT2D eigenvalue weighted by molar-refractivity contribution is 5.17. The second-order valence-electron chi connectivity index (χ2n) is 5.90. The Balaban J connectivity index is 1.78. The highest BCUT2D eigenvalue weighted by Gasteiger charge is 2.17. The molecule has 0 fully saturated rings. The molecule has 3 atom stereocenters. The highest BCUT2D eigenvalue weighted by Crippen LogP contribution is 2.06. The molecule has 2 aromatic carbocycles. The molecule has 4 heteroatoms. The molecule has 0 spiro atoms. The first kappa shape index (κ1) is 17.6. The summed E-state index contributed by atoms with van der Waals surface area (Å²) in [6, 6.07) is 19.5. The zero-order valence-electron chi connectivity index (χ0n) is 13.3. The Morgan fingerprint density at radius 1 is 0.870 bits per heavy atom. The molecule has 23 heavy (non-hydrogen) atoms. The van der Waals surface area contributed by atoms with Crippen LogP contribution < -0.4 is 11.1 Å². The minimum atomic E-state index is -0.653. The lowest BCUT2D eigenvalue weighted by atomic mass is 10.0. The van der Waals surface area contributed by atoms with E-state index in [9.17, 15) is 10.2 Å². The maximum absolute atomic E-state index is 10.2. The number of nitrogens with one attached hydrogen (secondary N) is 1. The Kier molecular flexibility index (Phi) is 7.23. The molecule has 0 aliphatic heterocycles. The average Bonchev–Trinajstić information content (AvgIpc) is 2.60. The van der Waals surface area contributed by atoms with E-state index < -0.39 is 6.10 Å². The van der Waals surface area contributed by atoms with E-state index >= 15 is 0 Å². The van der Waals surface area contributed by atoms with Crippen LogP contribution in [0.2, 0.25) is 0 Å². The second kappa shape index (κ2) is 9.43. The average molecular weight is 314 g/mol. The SMILES string of the molecule is N[C@@H](Cc1ccccc1)[C@H](O)CN[C@@H](CO)Cc1ccccc1. The number of rotatable bonds is 9. The standard InChI is InChI=1S/C19H26N2O2/c20-18(12-16-9-5-2-6-10-16)19(23)13-21-17(14-22)11-15-7-3-1-4-8-15/h1-10,17-19,21-23H,11-14,20H2/t17-,18+,19-/m1/s1. The lowest BCUT2D eigenvalue weighted by molar-refractivity contribution is 0.131. The molecule has 124 valence electrons. The maximum Gasteiger partial charge on any atom is 0.0818 e. The van der Waals surface area contributed by atoms with E-state index in [0.717, 1.165) is 17.5 Å². The summed E-state index contributed by atoms with van der Waals surface area (Å²) in [5.74, 6) is 0. The summed E-state index contributed by atoms with van der Waals surface area (Å²) in [7, 11) is 0. The highest BCUT2D eigenvalue weighted by atomic mass is 16.3. The number of benzene rings is 2. The van der Waals surface area contributed by atoms with Crippen LogP contribution in [0.25, 0.3) is 0 Å². The monoisotopic (exact) mass is 314 g/mol. The van der Waals surface area contributed by atoms with Crippen molar-refractivity contribution in [3.8, 4) is 0 Å². The molecule has 0 aliphatic carbocycles. The summed E-state index contributed by atoms with van der Waals surface area (Å²) < 4.78 is 0. The summed E-state index contributed by atoms with van der Waals surface area (Å²) in [6.07, 6.45) is 0.699. The van der Waals surface area contributed by atoms with Crippen molar-refractivity contribution in [3.05, 3.63) is 71.8 Å². The molecule has 0 saturated heterocycles. The third kappa shape index (κ3) is 6.12. The van der Waals surface area contributed by atoms with Gasteiger partial charge in [0.1, 0.15) is 0 Å². The first-order valence-corrected chi connectivity index (χ1v) is 8.04. The van der Waals surface area contributed by atoms with Crippen molar-refractivity contribution in [1.82, 2.24) is 5.32 Å². The van der Waals surface area contributed by atoms with Gasteiger partial charge in [0.05, 0.1) is 12.7 Å². The first-order chi connectivity index (χ1) is 11.2. The lowest BCUT2D eigenvalue weighted by Crippen LogP contribution is -2.47. The topological polar surface area (TPSA) is 78.5 Å². The third-order valence-corrected chi connectivity index (χ3v) is 3.97. The van der Waals surface area contributed by atoms with Crippen molar-refractivity contribution in [2.24, 2.45) is 5.73 Å². The molecule has 4 nitrogen and oxygen atoms in total. The van der Waals surface area contributed by atoms with Gasteiger partial charge in [-0.3, -0.25) is 0 Å².